The molecule has 1 amide bonds. The van der Waals surface area contributed by atoms with Gasteiger partial charge in [-0.1, -0.05) is 32.1 Å². The highest BCUT2D eigenvalue weighted by atomic mass is 16.2. The predicted molar refractivity (Wildman–Crippen MR) is 74.1 cm³/mol. The lowest BCUT2D eigenvalue weighted by molar-refractivity contribution is -0.135. The summed E-state index contributed by atoms with van der Waals surface area (Å²) < 4.78 is 0. The first-order valence-corrected chi connectivity index (χ1v) is 7.69. The van der Waals surface area contributed by atoms with Crippen LogP contribution in [0.5, 0.6) is 0 Å². The molecule has 18 heavy (non-hydrogen) atoms. The third kappa shape index (κ3) is 3.47. The third-order valence-electron chi connectivity index (χ3n) is 4.77. The first-order valence-electron chi connectivity index (χ1n) is 7.69. The number of rotatable bonds is 3. The summed E-state index contributed by atoms with van der Waals surface area (Å²) in [6.45, 7) is 0.946. The van der Waals surface area contributed by atoms with Crippen LogP contribution in [0.2, 0.25) is 0 Å². The van der Waals surface area contributed by atoms with Crippen LogP contribution < -0.4 is 5.73 Å². The standard InChI is InChI=1S/C15H28N2O/c1-17(11-12-7-5-6-8-12)15(18)13-9-3-2-4-10-14(13)16/h12-14H,2-11,16H2,1H3. The fourth-order valence-corrected chi connectivity index (χ4v) is 3.60. The normalized spacial score (nSPS) is 30.1. The number of carbonyl (C=O) groups excluding carboxylic acids is 1. The maximum absolute atomic E-state index is 12.5. The van der Waals surface area contributed by atoms with Crippen molar-refractivity contribution in [3.63, 3.8) is 0 Å². The molecular formula is C15H28N2O. The lowest BCUT2D eigenvalue weighted by Gasteiger charge is -2.28. The molecule has 104 valence electrons. The quantitative estimate of drug-likeness (QED) is 0.785. The Morgan fingerprint density at radius 1 is 1.06 bits per heavy atom. The second-order valence-corrected chi connectivity index (χ2v) is 6.28. The molecule has 0 saturated heterocycles. The van der Waals surface area contributed by atoms with Crippen molar-refractivity contribution in [2.45, 2.75) is 63.8 Å². The highest BCUT2D eigenvalue weighted by Crippen LogP contribution is 2.27. The van der Waals surface area contributed by atoms with E-state index in [1.54, 1.807) is 0 Å². The zero-order valence-corrected chi connectivity index (χ0v) is 11.7. The zero-order chi connectivity index (χ0) is 13.0. The van der Waals surface area contributed by atoms with Gasteiger partial charge in [-0.05, 0) is 31.6 Å². The van der Waals surface area contributed by atoms with Gasteiger partial charge in [0, 0.05) is 19.6 Å². The topological polar surface area (TPSA) is 46.3 Å². The molecule has 2 fully saturated rings. The van der Waals surface area contributed by atoms with Gasteiger partial charge in [0.15, 0.2) is 0 Å². The molecule has 2 saturated carbocycles. The van der Waals surface area contributed by atoms with E-state index < -0.39 is 0 Å². The zero-order valence-electron chi connectivity index (χ0n) is 11.7. The number of nitrogens with zero attached hydrogens (tertiary/aromatic N) is 1. The van der Waals surface area contributed by atoms with Gasteiger partial charge in [0.25, 0.3) is 0 Å². The van der Waals surface area contributed by atoms with Crippen LogP contribution in [0.3, 0.4) is 0 Å². The molecule has 0 heterocycles. The maximum atomic E-state index is 12.5. The molecule has 2 N–H and O–H groups in total. The average molecular weight is 252 g/mol. The van der Waals surface area contributed by atoms with E-state index in [1.165, 1.54) is 44.9 Å². The molecule has 0 bridgehead atoms. The van der Waals surface area contributed by atoms with Crippen molar-refractivity contribution in [2.24, 2.45) is 17.6 Å². The predicted octanol–water partition coefficient (Wildman–Crippen LogP) is 2.54. The first kappa shape index (κ1) is 13.9. The molecule has 0 aromatic carbocycles. The molecule has 2 aliphatic rings. The van der Waals surface area contributed by atoms with E-state index in [4.69, 9.17) is 5.73 Å². The van der Waals surface area contributed by atoms with E-state index in [-0.39, 0.29) is 12.0 Å². The van der Waals surface area contributed by atoms with Crippen LogP contribution in [0, 0.1) is 11.8 Å². The van der Waals surface area contributed by atoms with Crippen molar-refractivity contribution in [3.8, 4) is 0 Å². The largest absolute Gasteiger partial charge is 0.345 e. The molecule has 0 aromatic heterocycles. The highest BCUT2D eigenvalue weighted by Gasteiger charge is 2.30. The molecule has 2 unspecified atom stereocenters. The van der Waals surface area contributed by atoms with Gasteiger partial charge in [0.1, 0.15) is 0 Å². The molecule has 2 rings (SSSR count). The highest BCUT2D eigenvalue weighted by molar-refractivity contribution is 5.79. The molecule has 0 radical (unpaired) electrons. The Morgan fingerprint density at radius 3 is 2.39 bits per heavy atom. The van der Waals surface area contributed by atoms with Crippen molar-refractivity contribution in [3.05, 3.63) is 0 Å². The van der Waals surface area contributed by atoms with Gasteiger partial charge in [-0.15, -0.1) is 0 Å². The first-order chi connectivity index (χ1) is 8.68. The Bertz CT molecular complexity index is 274. The summed E-state index contributed by atoms with van der Waals surface area (Å²) in [6, 6.07) is 0.0889. The van der Waals surface area contributed by atoms with Crippen LogP contribution in [0.15, 0.2) is 0 Å². The maximum Gasteiger partial charge on any atom is 0.226 e. The minimum absolute atomic E-state index is 0.0823. The fourth-order valence-electron chi connectivity index (χ4n) is 3.60. The Labute approximate surface area is 111 Å². The van der Waals surface area contributed by atoms with Gasteiger partial charge >= 0.3 is 0 Å². The fraction of sp³-hybridized carbons (Fsp3) is 0.933. The Balaban J connectivity index is 1.87. The minimum Gasteiger partial charge on any atom is -0.345 e. The monoisotopic (exact) mass is 252 g/mol. The lowest BCUT2D eigenvalue weighted by Crippen LogP contribution is -2.43. The molecule has 0 aromatic rings. The average Bonchev–Trinajstić information content (AvgIpc) is 2.76. The van der Waals surface area contributed by atoms with Crippen LogP contribution in [-0.4, -0.2) is 30.4 Å². The van der Waals surface area contributed by atoms with E-state index in [0.29, 0.717) is 5.91 Å². The number of hydrogen-bond donors (Lipinski definition) is 1. The van der Waals surface area contributed by atoms with Gasteiger partial charge < -0.3 is 10.6 Å². The van der Waals surface area contributed by atoms with Crippen LogP contribution >= 0.6 is 0 Å². The van der Waals surface area contributed by atoms with Crippen molar-refractivity contribution in [2.75, 3.05) is 13.6 Å². The lowest BCUT2D eigenvalue weighted by atomic mass is 9.93. The van der Waals surface area contributed by atoms with Crippen molar-refractivity contribution < 1.29 is 4.79 Å². The third-order valence-corrected chi connectivity index (χ3v) is 4.77. The van der Waals surface area contributed by atoms with Gasteiger partial charge in [0.2, 0.25) is 5.91 Å². The van der Waals surface area contributed by atoms with Crippen LogP contribution in [0.25, 0.3) is 0 Å². The van der Waals surface area contributed by atoms with Crippen LogP contribution in [0.1, 0.15) is 57.8 Å². The number of hydrogen-bond acceptors (Lipinski definition) is 2. The number of carbonyl (C=O) groups is 1. The summed E-state index contributed by atoms with van der Waals surface area (Å²) in [4.78, 5) is 14.5. The summed E-state index contributed by atoms with van der Waals surface area (Å²) >= 11 is 0. The summed E-state index contributed by atoms with van der Waals surface area (Å²) in [6.07, 6.45) is 10.9. The number of nitrogens with two attached hydrogens (primary N) is 1. The Hall–Kier alpha value is -0.570. The number of amides is 1. The van der Waals surface area contributed by atoms with Gasteiger partial charge in [-0.25, -0.2) is 0 Å². The molecule has 2 atom stereocenters. The summed E-state index contributed by atoms with van der Waals surface area (Å²) in [5.74, 6) is 1.12. The molecule has 0 spiro atoms. The summed E-state index contributed by atoms with van der Waals surface area (Å²) in [5, 5.41) is 0. The molecular weight excluding hydrogens is 224 g/mol. The smallest absolute Gasteiger partial charge is 0.226 e. The molecule has 3 heteroatoms. The van der Waals surface area contributed by atoms with Gasteiger partial charge in [-0.2, -0.15) is 0 Å². The van der Waals surface area contributed by atoms with E-state index in [1.807, 2.05) is 11.9 Å². The second-order valence-electron chi connectivity index (χ2n) is 6.28. The molecule has 2 aliphatic carbocycles. The van der Waals surface area contributed by atoms with Gasteiger partial charge in [0.05, 0.1) is 5.92 Å². The Morgan fingerprint density at radius 2 is 1.67 bits per heavy atom. The summed E-state index contributed by atoms with van der Waals surface area (Å²) in [5.41, 5.74) is 6.18. The minimum atomic E-state index is 0.0823. The van der Waals surface area contributed by atoms with Crippen molar-refractivity contribution in [1.29, 1.82) is 0 Å². The Kier molecular flexibility index (Phi) is 5.04. The van der Waals surface area contributed by atoms with Crippen LogP contribution in [0.4, 0.5) is 0 Å². The van der Waals surface area contributed by atoms with E-state index in [2.05, 4.69) is 0 Å². The van der Waals surface area contributed by atoms with Crippen molar-refractivity contribution in [1.82, 2.24) is 4.90 Å². The van der Waals surface area contributed by atoms with Gasteiger partial charge in [-0.3, -0.25) is 4.79 Å². The second kappa shape index (κ2) is 6.55. The molecule has 3 nitrogen and oxygen atoms in total. The van der Waals surface area contributed by atoms with Crippen LogP contribution in [-0.2, 0) is 4.79 Å². The summed E-state index contributed by atoms with van der Waals surface area (Å²) in [7, 11) is 1.97. The van der Waals surface area contributed by atoms with E-state index >= 15 is 0 Å². The van der Waals surface area contributed by atoms with E-state index in [0.717, 1.165) is 25.3 Å². The molecule has 0 aliphatic heterocycles. The van der Waals surface area contributed by atoms with Crippen molar-refractivity contribution >= 4 is 5.91 Å². The SMILES string of the molecule is CN(CC1CCCC1)C(=O)C1CCCCCC1N. The van der Waals surface area contributed by atoms with E-state index in [9.17, 15) is 4.79 Å².